The Kier molecular flexibility index (Phi) is 5.74. The average Bonchev–Trinajstić information content (AvgIpc) is 3.05. The van der Waals surface area contributed by atoms with Gasteiger partial charge in [-0.1, -0.05) is 0 Å². The molecule has 0 atom stereocenters. The van der Waals surface area contributed by atoms with Crippen LogP contribution in [0.1, 0.15) is 59.3 Å². The predicted octanol–water partition coefficient (Wildman–Crippen LogP) is 2.71. The molecule has 28 heavy (non-hydrogen) atoms. The molecule has 154 valence electrons. The van der Waals surface area contributed by atoms with E-state index in [-0.39, 0.29) is 24.8 Å². The largest absolute Gasteiger partial charge is 0.444 e. The molecule has 1 saturated heterocycles. The van der Waals surface area contributed by atoms with Crippen molar-refractivity contribution in [2.45, 2.75) is 71.8 Å². The summed E-state index contributed by atoms with van der Waals surface area (Å²) in [6.07, 6.45) is 3.05. The van der Waals surface area contributed by atoms with Crippen LogP contribution in [0, 0.1) is 0 Å². The van der Waals surface area contributed by atoms with Gasteiger partial charge in [-0.05, 0) is 47.5 Å². The maximum absolute atomic E-state index is 12.2. The molecular weight excluding hydrogens is 360 g/mol. The molecule has 1 amide bonds. The van der Waals surface area contributed by atoms with E-state index in [9.17, 15) is 9.90 Å². The van der Waals surface area contributed by atoms with Gasteiger partial charge in [0.05, 0.1) is 6.33 Å². The highest BCUT2D eigenvalue weighted by atomic mass is 16.6. The second-order valence-corrected chi connectivity index (χ2v) is 8.45. The van der Waals surface area contributed by atoms with Crippen LogP contribution in [0.5, 0.6) is 0 Å². The first-order valence-electron chi connectivity index (χ1n) is 9.76. The Hall–Kier alpha value is -2.42. The number of rotatable bonds is 4. The number of nitrogens with zero attached hydrogens (tertiary/aromatic N) is 5. The number of hydrogen-bond acceptors (Lipinski definition) is 7. The fourth-order valence-corrected chi connectivity index (χ4v) is 3.24. The molecule has 3 heterocycles. The quantitative estimate of drug-likeness (QED) is 0.827. The molecule has 9 nitrogen and oxygen atoms in total. The number of hydrogen-bond donors (Lipinski definition) is 2. The molecule has 0 aromatic carbocycles. The Morgan fingerprint density at radius 3 is 2.57 bits per heavy atom. The van der Waals surface area contributed by atoms with Crippen molar-refractivity contribution in [1.82, 2.24) is 24.4 Å². The van der Waals surface area contributed by atoms with E-state index in [4.69, 9.17) is 4.74 Å². The Bertz CT molecular complexity index is 834. The van der Waals surface area contributed by atoms with Crippen LogP contribution in [0.3, 0.4) is 0 Å². The third kappa shape index (κ3) is 4.52. The second kappa shape index (κ2) is 7.90. The number of aromatic nitrogens is 4. The zero-order valence-corrected chi connectivity index (χ0v) is 17.3. The number of likely N-dealkylation sites (tertiary alicyclic amines) is 1. The minimum absolute atomic E-state index is 0.160. The number of fused-ring (bicyclic) bond motifs is 1. The first-order chi connectivity index (χ1) is 13.2. The van der Waals surface area contributed by atoms with Crippen LogP contribution in [0.4, 0.5) is 10.6 Å². The number of nitrogens with one attached hydrogen (secondary N) is 1. The molecule has 2 aromatic heterocycles. The molecule has 0 aliphatic carbocycles. The van der Waals surface area contributed by atoms with Gasteiger partial charge >= 0.3 is 6.09 Å². The molecule has 1 aliphatic heterocycles. The Labute approximate surface area is 165 Å². The highest BCUT2D eigenvalue weighted by Gasteiger charge is 2.27. The third-order valence-electron chi connectivity index (χ3n) is 4.65. The van der Waals surface area contributed by atoms with Gasteiger partial charge in [-0.2, -0.15) is 0 Å². The molecule has 3 rings (SSSR count). The van der Waals surface area contributed by atoms with Gasteiger partial charge in [0.2, 0.25) is 0 Å². The smallest absolute Gasteiger partial charge is 0.410 e. The van der Waals surface area contributed by atoms with Crippen LogP contribution in [0.15, 0.2) is 6.33 Å². The first kappa shape index (κ1) is 20.3. The zero-order chi connectivity index (χ0) is 20.5. The third-order valence-corrected chi connectivity index (χ3v) is 4.65. The summed E-state index contributed by atoms with van der Waals surface area (Å²) in [6, 6.07) is 0.365. The summed E-state index contributed by atoms with van der Waals surface area (Å²) >= 11 is 0. The van der Waals surface area contributed by atoms with Crippen molar-refractivity contribution in [3.8, 4) is 0 Å². The predicted molar refractivity (Wildman–Crippen MR) is 106 cm³/mol. The van der Waals surface area contributed by atoms with E-state index in [1.54, 1.807) is 11.2 Å². The summed E-state index contributed by atoms with van der Waals surface area (Å²) in [5.74, 6) is 0.993. The van der Waals surface area contributed by atoms with Gasteiger partial charge in [0.25, 0.3) is 0 Å². The van der Waals surface area contributed by atoms with Gasteiger partial charge in [0.15, 0.2) is 17.3 Å². The zero-order valence-electron chi connectivity index (χ0n) is 17.3. The van der Waals surface area contributed by atoms with E-state index in [0.717, 1.165) is 12.8 Å². The molecular formula is C19H30N6O3. The van der Waals surface area contributed by atoms with E-state index in [0.29, 0.717) is 35.9 Å². The first-order valence-corrected chi connectivity index (χ1v) is 9.76. The number of amides is 1. The lowest BCUT2D eigenvalue weighted by atomic mass is 10.1. The van der Waals surface area contributed by atoms with Gasteiger partial charge in [0.1, 0.15) is 17.7 Å². The molecule has 0 spiro atoms. The number of ether oxygens (including phenoxy) is 1. The van der Waals surface area contributed by atoms with Gasteiger partial charge < -0.3 is 24.6 Å². The monoisotopic (exact) mass is 390 g/mol. The summed E-state index contributed by atoms with van der Waals surface area (Å²) in [6.45, 7) is 10.7. The van der Waals surface area contributed by atoms with Crippen LogP contribution < -0.4 is 5.32 Å². The molecule has 0 bridgehead atoms. The summed E-state index contributed by atoms with van der Waals surface area (Å²) in [5.41, 5.74) is 0.914. The molecule has 1 fully saturated rings. The minimum atomic E-state index is -0.491. The summed E-state index contributed by atoms with van der Waals surface area (Å²) in [7, 11) is 0. The molecule has 0 unspecified atom stereocenters. The lowest BCUT2D eigenvalue weighted by molar-refractivity contribution is 0.0210. The fourth-order valence-electron chi connectivity index (χ4n) is 3.24. The van der Waals surface area contributed by atoms with Crippen molar-refractivity contribution in [1.29, 1.82) is 0 Å². The molecule has 0 radical (unpaired) electrons. The number of carbonyl (C=O) groups excluding carboxylic acids is 1. The summed E-state index contributed by atoms with van der Waals surface area (Å²) in [5, 5.41) is 13.0. The van der Waals surface area contributed by atoms with E-state index in [1.165, 1.54) is 0 Å². The van der Waals surface area contributed by atoms with Crippen molar-refractivity contribution in [2.75, 3.05) is 18.4 Å². The maximum Gasteiger partial charge on any atom is 0.410 e. The van der Waals surface area contributed by atoms with Crippen LogP contribution in [-0.4, -0.2) is 60.4 Å². The molecule has 2 N–H and O–H groups in total. The highest BCUT2D eigenvalue weighted by molar-refractivity contribution is 5.83. The summed E-state index contributed by atoms with van der Waals surface area (Å²) in [4.78, 5) is 27.3. The van der Waals surface area contributed by atoms with Crippen molar-refractivity contribution in [3.63, 3.8) is 0 Å². The van der Waals surface area contributed by atoms with Crippen LogP contribution >= 0.6 is 0 Å². The minimum Gasteiger partial charge on any atom is -0.444 e. The van der Waals surface area contributed by atoms with E-state index in [1.807, 2.05) is 25.3 Å². The lowest BCUT2D eigenvalue weighted by Crippen LogP contribution is -2.44. The number of aliphatic hydroxyl groups is 1. The van der Waals surface area contributed by atoms with Crippen molar-refractivity contribution < 1.29 is 14.6 Å². The standard InChI is InChI=1S/C19H30N6O3/c1-12(2)25-11-20-15-16(22-14(10-26)23-17(15)25)21-13-6-8-24(9-7-13)18(27)28-19(3,4)5/h11-13,26H,6-10H2,1-5H3,(H,21,22,23). The van der Waals surface area contributed by atoms with Crippen molar-refractivity contribution in [2.24, 2.45) is 0 Å². The van der Waals surface area contributed by atoms with Crippen molar-refractivity contribution >= 4 is 23.1 Å². The fraction of sp³-hybridized carbons (Fsp3) is 0.684. The normalized spacial score (nSPS) is 16.0. The SMILES string of the molecule is CC(C)n1cnc2c(NC3CCN(C(=O)OC(C)(C)C)CC3)nc(CO)nc21. The maximum atomic E-state index is 12.2. The van der Waals surface area contributed by atoms with Gasteiger partial charge in [-0.15, -0.1) is 0 Å². The average molecular weight is 390 g/mol. The molecule has 9 heteroatoms. The molecule has 0 saturated carbocycles. The number of carbonyl (C=O) groups is 1. The number of piperidine rings is 1. The Morgan fingerprint density at radius 2 is 2.00 bits per heavy atom. The number of imidazole rings is 1. The topological polar surface area (TPSA) is 105 Å². The molecule has 1 aliphatic rings. The van der Waals surface area contributed by atoms with Crippen LogP contribution in [-0.2, 0) is 11.3 Å². The Balaban J connectivity index is 1.71. The van der Waals surface area contributed by atoms with E-state index in [2.05, 4.69) is 34.1 Å². The van der Waals surface area contributed by atoms with E-state index < -0.39 is 5.60 Å². The number of aliphatic hydroxyl groups excluding tert-OH is 1. The summed E-state index contributed by atoms with van der Waals surface area (Å²) < 4.78 is 7.41. The van der Waals surface area contributed by atoms with Crippen molar-refractivity contribution in [3.05, 3.63) is 12.2 Å². The Morgan fingerprint density at radius 1 is 1.32 bits per heavy atom. The molecule has 2 aromatic rings. The van der Waals surface area contributed by atoms with Crippen LogP contribution in [0.2, 0.25) is 0 Å². The van der Waals surface area contributed by atoms with Gasteiger partial charge in [-0.3, -0.25) is 0 Å². The van der Waals surface area contributed by atoms with E-state index >= 15 is 0 Å². The van der Waals surface area contributed by atoms with Gasteiger partial charge in [0, 0.05) is 25.2 Å². The lowest BCUT2D eigenvalue weighted by Gasteiger charge is -2.33. The van der Waals surface area contributed by atoms with Gasteiger partial charge in [-0.25, -0.2) is 19.7 Å². The second-order valence-electron chi connectivity index (χ2n) is 8.45. The highest BCUT2D eigenvalue weighted by Crippen LogP contribution is 2.24. The van der Waals surface area contributed by atoms with Crippen LogP contribution in [0.25, 0.3) is 11.2 Å². The number of anilines is 1.